The SMILES string of the molecule is CN(C)CCCNc1nc(-c2cc3ccccc3o2)nc2c(Br)cc(Br)cc12. The van der Waals surface area contributed by atoms with Gasteiger partial charge in [0.2, 0.25) is 0 Å². The number of para-hydroxylation sites is 1. The second-order valence-corrected chi connectivity index (χ2v) is 8.68. The highest BCUT2D eigenvalue weighted by molar-refractivity contribution is 9.11. The second kappa shape index (κ2) is 8.19. The monoisotopic (exact) mass is 502 g/mol. The summed E-state index contributed by atoms with van der Waals surface area (Å²) in [5.41, 5.74) is 1.68. The highest BCUT2D eigenvalue weighted by Crippen LogP contribution is 2.34. The number of fused-ring (bicyclic) bond motifs is 2. The normalized spacial score (nSPS) is 11.6. The molecule has 0 saturated heterocycles. The molecule has 4 aromatic rings. The molecule has 0 fully saturated rings. The van der Waals surface area contributed by atoms with Crippen LogP contribution >= 0.6 is 31.9 Å². The Morgan fingerprint density at radius 2 is 1.89 bits per heavy atom. The number of anilines is 1. The summed E-state index contributed by atoms with van der Waals surface area (Å²) in [6.07, 6.45) is 1.02. The molecule has 0 unspecified atom stereocenters. The summed E-state index contributed by atoms with van der Waals surface area (Å²) < 4.78 is 7.88. The minimum Gasteiger partial charge on any atom is -0.453 e. The Labute approximate surface area is 180 Å². The van der Waals surface area contributed by atoms with Crippen LogP contribution in [0.15, 0.2) is 55.8 Å². The van der Waals surface area contributed by atoms with E-state index in [2.05, 4.69) is 56.2 Å². The Kier molecular flexibility index (Phi) is 5.66. The zero-order valence-electron chi connectivity index (χ0n) is 15.7. The summed E-state index contributed by atoms with van der Waals surface area (Å²) in [5.74, 6) is 2.04. The van der Waals surface area contributed by atoms with Crippen molar-refractivity contribution >= 4 is 59.5 Å². The van der Waals surface area contributed by atoms with Crippen LogP contribution in [-0.2, 0) is 0 Å². The van der Waals surface area contributed by atoms with E-state index >= 15 is 0 Å². The van der Waals surface area contributed by atoms with Gasteiger partial charge in [-0.2, -0.15) is 0 Å². The van der Waals surface area contributed by atoms with Crippen molar-refractivity contribution in [2.75, 3.05) is 32.5 Å². The van der Waals surface area contributed by atoms with Gasteiger partial charge in [0, 0.05) is 26.3 Å². The van der Waals surface area contributed by atoms with Crippen LogP contribution in [0.2, 0.25) is 0 Å². The van der Waals surface area contributed by atoms with Crippen LogP contribution in [0.4, 0.5) is 5.82 Å². The first-order valence-corrected chi connectivity index (χ1v) is 10.6. The first-order chi connectivity index (χ1) is 13.5. The molecule has 5 nitrogen and oxygen atoms in total. The molecule has 0 spiro atoms. The Morgan fingerprint density at radius 3 is 2.68 bits per heavy atom. The van der Waals surface area contributed by atoms with E-state index in [0.29, 0.717) is 11.6 Å². The first-order valence-electron chi connectivity index (χ1n) is 9.05. The van der Waals surface area contributed by atoms with Gasteiger partial charge in [0.25, 0.3) is 0 Å². The van der Waals surface area contributed by atoms with Crippen molar-refractivity contribution in [1.82, 2.24) is 14.9 Å². The van der Waals surface area contributed by atoms with Crippen LogP contribution < -0.4 is 5.32 Å². The maximum absolute atomic E-state index is 5.99. The van der Waals surface area contributed by atoms with Crippen LogP contribution in [-0.4, -0.2) is 42.1 Å². The van der Waals surface area contributed by atoms with Crippen molar-refractivity contribution in [1.29, 1.82) is 0 Å². The van der Waals surface area contributed by atoms with E-state index in [0.717, 1.165) is 56.1 Å². The molecule has 2 aromatic heterocycles. The Balaban J connectivity index is 1.78. The number of aromatic nitrogens is 2. The minimum atomic E-state index is 0.571. The molecule has 2 heterocycles. The predicted octanol–water partition coefficient (Wildman–Crippen LogP) is 5.93. The summed E-state index contributed by atoms with van der Waals surface area (Å²) in [7, 11) is 4.15. The van der Waals surface area contributed by atoms with Gasteiger partial charge in [0.1, 0.15) is 11.4 Å². The lowest BCUT2D eigenvalue weighted by Crippen LogP contribution is -2.17. The third-order valence-corrected chi connectivity index (χ3v) is 5.50. The van der Waals surface area contributed by atoms with Crippen molar-refractivity contribution in [3.8, 4) is 11.6 Å². The zero-order chi connectivity index (χ0) is 19.7. The summed E-state index contributed by atoms with van der Waals surface area (Å²) in [5, 5.41) is 5.48. The minimum absolute atomic E-state index is 0.571. The van der Waals surface area contributed by atoms with Crippen molar-refractivity contribution in [3.63, 3.8) is 0 Å². The molecule has 0 aliphatic carbocycles. The molecule has 1 N–H and O–H groups in total. The fourth-order valence-corrected chi connectivity index (χ4v) is 4.41. The van der Waals surface area contributed by atoms with Crippen molar-refractivity contribution in [2.45, 2.75) is 6.42 Å². The van der Waals surface area contributed by atoms with Crippen molar-refractivity contribution in [2.24, 2.45) is 0 Å². The number of furan rings is 1. The number of hydrogen-bond acceptors (Lipinski definition) is 5. The number of rotatable bonds is 6. The molecule has 28 heavy (non-hydrogen) atoms. The summed E-state index contributed by atoms with van der Waals surface area (Å²) in [6.45, 7) is 1.84. The molecule has 0 saturated carbocycles. The van der Waals surface area contributed by atoms with E-state index < -0.39 is 0 Å². The second-order valence-electron chi connectivity index (χ2n) is 6.91. The average Bonchev–Trinajstić information content (AvgIpc) is 3.09. The molecule has 144 valence electrons. The summed E-state index contributed by atoms with van der Waals surface area (Å²) >= 11 is 7.21. The van der Waals surface area contributed by atoms with Gasteiger partial charge in [0.05, 0.1) is 5.52 Å². The molecule has 2 aromatic carbocycles. The standard InChI is InChI=1S/C21H20Br2N4O/c1-27(2)9-5-8-24-20-15-11-14(22)12-16(23)19(15)25-21(26-20)18-10-13-6-3-4-7-17(13)28-18/h3-4,6-7,10-12H,5,8-9H2,1-2H3,(H,24,25,26). The largest absolute Gasteiger partial charge is 0.453 e. The van der Waals surface area contributed by atoms with Gasteiger partial charge in [-0.3, -0.25) is 0 Å². The number of halogens is 2. The van der Waals surface area contributed by atoms with Crippen molar-refractivity contribution in [3.05, 3.63) is 51.4 Å². The highest BCUT2D eigenvalue weighted by Gasteiger charge is 2.15. The number of nitrogens with zero attached hydrogens (tertiary/aromatic N) is 3. The molecular formula is C21H20Br2N4O. The van der Waals surface area contributed by atoms with Gasteiger partial charge in [-0.1, -0.05) is 34.1 Å². The van der Waals surface area contributed by atoms with E-state index in [1.54, 1.807) is 0 Å². The van der Waals surface area contributed by atoms with Crippen LogP contribution in [0.25, 0.3) is 33.5 Å². The van der Waals surface area contributed by atoms with Gasteiger partial charge in [-0.25, -0.2) is 9.97 Å². The molecule has 0 radical (unpaired) electrons. The van der Waals surface area contributed by atoms with Gasteiger partial charge >= 0.3 is 0 Å². The van der Waals surface area contributed by atoms with E-state index in [1.807, 2.05) is 42.5 Å². The van der Waals surface area contributed by atoms with Gasteiger partial charge < -0.3 is 14.6 Å². The topological polar surface area (TPSA) is 54.2 Å². The maximum Gasteiger partial charge on any atom is 0.198 e. The molecule has 0 bridgehead atoms. The summed E-state index contributed by atoms with van der Waals surface area (Å²) in [6, 6.07) is 13.9. The van der Waals surface area contributed by atoms with E-state index in [4.69, 9.17) is 14.4 Å². The molecule has 0 aliphatic rings. The first kappa shape index (κ1) is 19.4. The average molecular weight is 504 g/mol. The Hall–Kier alpha value is -1.96. The highest BCUT2D eigenvalue weighted by atomic mass is 79.9. The van der Waals surface area contributed by atoms with Gasteiger partial charge in [-0.15, -0.1) is 0 Å². The van der Waals surface area contributed by atoms with Crippen molar-refractivity contribution < 1.29 is 4.42 Å². The number of benzene rings is 2. The van der Waals surface area contributed by atoms with E-state index in [9.17, 15) is 0 Å². The number of nitrogens with one attached hydrogen (secondary N) is 1. The van der Waals surface area contributed by atoms with Gasteiger partial charge in [-0.05, 0) is 67.3 Å². The molecule has 0 atom stereocenters. The Morgan fingerprint density at radius 1 is 1.07 bits per heavy atom. The molecule has 0 amide bonds. The predicted molar refractivity (Wildman–Crippen MR) is 122 cm³/mol. The lowest BCUT2D eigenvalue weighted by molar-refractivity contribution is 0.405. The lowest BCUT2D eigenvalue weighted by Gasteiger charge is -2.13. The maximum atomic E-state index is 5.99. The summed E-state index contributed by atoms with van der Waals surface area (Å²) in [4.78, 5) is 11.7. The zero-order valence-corrected chi connectivity index (χ0v) is 18.8. The molecule has 4 rings (SSSR count). The third kappa shape index (κ3) is 4.06. The van der Waals surface area contributed by atoms with E-state index in [-0.39, 0.29) is 0 Å². The third-order valence-electron chi connectivity index (χ3n) is 4.44. The van der Waals surface area contributed by atoms with Crippen LogP contribution in [0.3, 0.4) is 0 Å². The fourth-order valence-electron chi connectivity index (χ4n) is 3.10. The smallest absolute Gasteiger partial charge is 0.198 e. The van der Waals surface area contributed by atoms with Crippen LogP contribution in [0, 0.1) is 0 Å². The van der Waals surface area contributed by atoms with Gasteiger partial charge in [0.15, 0.2) is 11.6 Å². The fraction of sp³-hybridized carbons (Fsp3) is 0.238. The lowest BCUT2D eigenvalue weighted by atomic mass is 10.2. The molecule has 7 heteroatoms. The molecular weight excluding hydrogens is 484 g/mol. The van der Waals surface area contributed by atoms with Crippen LogP contribution in [0.5, 0.6) is 0 Å². The number of hydrogen-bond donors (Lipinski definition) is 1. The quantitative estimate of drug-likeness (QED) is 0.330. The van der Waals surface area contributed by atoms with E-state index in [1.165, 1.54) is 0 Å². The Bertz CT molecular complexity index is 1110. The molecule has 0 aliphatic heterocycles. The van der Waals surface area contributed by atoms with Crippen LogP contribution in [0.1, 0.15) is 6.42 Å².